The molecule has 0 heterocycles. The maximum Gasteiger partial charge on any atom is 0.347 e. The molecule has 0 aromatic heterocycles. The molecule has 0 radical (unpaired) electrons. The Bertz CT molecular complexity index is 283. The zero-order valence-corrected chi connectivity index (χ0v) is 14.3. The number of hydrogen-bond donors (Lipinski definition) is 1. The molecule has 1 fully saturated rings. The molecule has 1 atom stereocenters. The monoisotopic (exact) mass is 305 g/mol. The largest absolute Gasteiger partial charge is 0.347 e. The smallest absolute Gasteiger partial charge is 0.308 e. The van der Waals surface area contributed by atoms with Crippen LogP contribution in [0.2, 0.25) is 0 Å². The SMILES string of the molecule is CCCCC(NC1CCCCC1)P(=O)(OCC)OCC. The highest BCUT2D eigenvalue weighted by Gasteiger charge is 2.36. The van der Waals surface area contributed by atoms with E-state index in [9.17, 15) is 4.57 Å². The Hall–Kier alpha value is 0.110. The molecule has 1 unspecified atom stereocenters. The molecule has 0 aliphatic heterocycles. The lowest BCUT2D eigenvalue weighted by Gasteiger charge is -2.32. The van der Waals surface area contributed by atoms with Crippen LogP contribution in [0.15, 0.2) is 0 Å². The van der Waals surface area contributed by atoms with E-state index in [0.717, 1.165) is 19.3 Å². The van der Waals surface area contributed by atoms with Gasteiger partial charge in [0.2, 0.25) is 0 Å². The Kier molecular flexibility index (Phi) is 9.03. The van der Waals surface area contributed by atoms with E-state index in [1.807, 2.05) is 13.8 Å². The Morgan fingerprint density at radius 2 is 1.70 bits per heavy atom. The van der Waals surface area contributed by atoms with Gasteiger partial charge in [0.25, 0.3) is 0 Å². The number of nitrogens with one attached hydrogen (secondary N) is 1. The third kappa shape index (κ3) is 5.85. The fourth-order valence-electron chi connectivity index (χ4n) is 2.85. The van der Waals surface area contributed by atoms with E-state index >= 15 is 0 Å². The Morgan fingerprint density at radius 3 is 2.20 bits per heavy atom. The lowest BCUT2D eigenvalue weighted by Crippen LogP contribution is -2.40. The molecule has 0 aromatic rings. The first-order valence-corrected chi connectivity index (χ1v) is 9.92. The van der Waals surface area contributed by atoms with Crippen molar-refractivity contribution in [2.45, 2.75) is 84.0 Å². The van der Waals surface area contributed by atoms with Gasteiger partial charge in [-0.05, 0) is 33.1 Å². The number of unbranched alkanes of at least 4 members (excludes halogenated alkanes) is 1. The van der Waals surface area contributed by atoms with E-state index in [2.05, 4.69) is 12.2 Å². The molecule has 1 aliphatic carbocycles. The highest BCUT2D eigenvalue weighted by molar-refractivity contribution is 7.54. The van der Waals surface area contributed by atoms with Crippen molar-refractivity contribution < 1.29 is 13.6 Å². The number of hydrogen-bond acceptors (Lipinski definition) is 4. The first-order chi connectivity index (χ1) is 9.66. The average molecular weight is 305 g/mol. The summed E-state index contributed by atoms with van der Waals surface area (Å²) < 4.78 is 24.1. The first-order valence-electron chi connectivity index (χ1n) is 8.31. The highest BCUT2D eigenvalue weighted by Crippen LogP contribution is 2.53. The van der Waals surface area contributed by atoms with Crippen LogP contribution >= 0.6 is 7.60 Å². The molecule has 1 aliphatic rings. The summed E-state index contributed by atoms with van der Waals surface area (Å²) in [6.45, 7) is 6.79. The van der Waals surface area contributed by atoms with Crippen LogP contribution in [0.5, 0.6) is 0 Å². The third-order valence-corrected chi connectivity index (χ3v) is 6.27. The zero-order chi connectivity index (χ0) is 14.8. The average Bonchev–Trinajstić information content (AvgIpc) is 2.45. The molecule has 0 spiro atoms. The molecule has 4 nitrogen and oxygen atoms in total. The van der Waals surface area contributed by atoms with Gasteiger partial charge in [0.05, 0.1) is 13.2 Å². The fraction of sp³-hybridized carbons (Fsp3) is 1.00. The minimum absolute atomic E-state index is 0.148. The van der Waals surface area contributed by atoms with Gasteiger partial charge < -0.3 is 14.4 Å². The molecule has 0 amide bonds. The van der Waals surface area contributed by atoms with Crippen LogP contribution in [0.4, 0.5) is 0 Å². The lowest BCUT2D eigenvalue weighted by atomic mass is 9.95. The summed E-state index contributed by atoms with van der Waals surface area (Å²) in [5.74, 6) is -0.148. The van der Waals surface area contributed by atoms with Gasteiger partial charge in [-0.1, -0.05) is 39.0 Å². The van der Waals surface area contributed by atoms with E-state index in [0.29, 0.717) is 19.3 Å². The van der Waals surface area contributed by atoms with Gasteiger partial charge in [0.15, 0.2) is 0 Å². The van der Waals surface area contributed by atoms with Crippen LogP contribution in [0.3, 0.4) is 0 Å². The Labute approximate surface area is 124 Å². The van der Waals surface area contributed by atoms with Crippen molar-refractivity contribution in [3.05, 3.63) is 0 Å². The summed E-state index contributed by atoms with van der Waals surface area (Å²) in [5.41, 5.74) is 0. The van der Waals surface area contributed by atoms with Crippen LogP contribution in [-0.4, -0.2) is 25.0 Å². The van der Waals surface area contributed by atoms with E-state index in [1.165, 1.54) is 32.1 Å². The summed E-state index contributed by atoms with van der Waals surface area (Å²) in [5, 5.41) is 3.59. The van der Waals surface area contributed by atoms with Crippen molar-refractivity contribution >= 4 is 7.60 Å². The van der Waals surface area contributed by atoms with Crippen LogP contribution < -0.4 is 5.32 Å². The second kappa shape index (κ2) is 9.94. The minimum Gasteiger partial charge on any atom is -0.308 e. The maximum absolute atomic E-state index is 13.0. The van der Waals surface area contributed by atoms with Crippen molar-refractivity contribution in [3.8, 4) is 0 Å². The predicted octanol–water partition coefficient (Wildman–Crippen LogP) is 4.69. The standard InChI is InChI=1S/C15H32NO3P/c1-4-7-13-15(16-14-11-9-8-10-12-14)20(17,18-5-2)19-6-3/h14-16H,4-13H2,1-3H3. The van der Waals surface area contributed by atoms with Gasteiger partial charge in [-0.15, -0.1) is 0 Å². The minimum atomic E-state index is -3.04. The second-order valence-electron chi connectivity index (χ2n) is 5.54. The van der Waals surface area contributed by atoms with Gasteiger partial charge in [0, 0.05) is 6.04 Å². The molecular weight excluding hydrogens is 273 g/mol. The van der Waals surface area contributed by atoms with Crippen molar-refractivity contribution in [1.29, 1.82) is 0 Å². The molecule has 5 heteroatoms. The van der Waals surface area contributed by atoms with Gasteiger partial charge in [-0.2, -0.15) is 0 Å². The Morgan fingerprint density at radius 1 is 1.10 bits per heavy atom. The summed E-state index contributed by atoms with van der Waals surface area (Å²) in [7, 11) is -3.04. The maximum atomic E-state index is 13.0. The molecule has 1 N–H and O–H groups in total. The third-order valence-electron chi connectivity index (χ3n) is 3.86. The Balaban J connectivity index is 2.70. The molecule has 1 saturated carbocycles. The topological polar surface area (TPSA) is 47.6 Å². The normalized spacial score (nSPS) is 19.1. The van der Waals surface area contributed by atoms with E-state index in [1.54, 1.807) is 0 Å². The zero-order valence-electron chi connectivity index (χ0n) is 13.4. The van der Waals surface area contributed by atoms with E-state index in [4.69, 9.17) is 9.05 Å². The quantitative estimate of drug-likeness (QED) is 0.595. The molecule has 0 aromatic carbocycles. The summed E-state index contributed by atoms with van der Waals surface area (Å²) in [6.07, 6.45) is 9.24. The van der Waals surface area contributed by atoms with Crippen LogP contribution in [-0.2, 0) is 13.6 Å². The molecule has 20 heavy (non-hydrogen) atoms. The molecule has 1 rings (SSSR count). The lowest BCUT2D eigenvalue weighted by molar-refractivity contribution is 0.199. The summed E-state index contributed by atoms with van der Waals surface area (Å²) in [6, 6.07) is 0.472. The van der Waals surface area contributed by atoms with Crippen molar-refractivity contribution in [1.82, 2.24) is 5.32 Å². The number of rotatable bonds is 10. The van der Waals surface area contributed by atoms with Crippen molar-refractivity contribution in [2.24, 2.45) is 0 Å². The molecule has 0 saturated heterocycles. The fourth-order valence-corrected chi connectivity index (χ4v) is 4.90. The van der Waals surface area contributed by atoms with Crippen molar-refractivity contribution in [2.75, 3.05) is 13.2 Å². The van der Waals surface area contributed by atoms with Crippen LogP contribution in [0, 0.1) is 0 Å². The summed E-state index contributed by atoms with van der Waals surface area (Å²) in [4.78, 5) is 0. The van der Waals surface area contributed by atoms with Gasteiger partial charge in [0.1, 0.15) is 5.78 Å². The van der Waals surface area contributed by atoms with Crippen LogP contribution in [0.25, 0.3) is 0 Å². The molecule has 120 valence electrons. The van der Waals surface area contributed by atoms with Gasteiger partial charge in [-0.3, -0.25) is 4.57 Å². The van der Waals surface area contributed by atoms with Crippen LogP contribution in [0.1, 0.15) is 72.1 Å². The second-order valence-corrected chi connectivity index (χ2v) is 7.75. The van der Waals surface area contributed by atoms with Crippen molar-refractivity contribution in [3.63, 3.8) is 0 Å². The first kappa shape index (κ1) is 18.2. The molecular formula is C15H32NO3P. The summed E-state index contributed by atoms with van der Waals surface area (Å²) >= 11 is 0. The van der Waals surface area contributed by atoms with Gasteiger partial charge >= 0.3 is 7.60 Å². The van der Waals surface area contributed by atoms with E-state index in [-0.39, 0.29) is 5.78 Å². The van der Waals surface area contributed by atoms with E-state index < -0.39 is 7.60 Å². The highest BCUT2D eigenvalue weighted by atomic mass is 31.2. The van der Waals surface area contributed by atoms with Gasteiger partial charge in [-0.25, -0.2) is 0 Å². The molecule has 0 bridgehead atoms. The predicted molar refractivity (Wildman–Crippen MR) is 84.2 cm³/mol.